The highest BCUT2D eigenvalue weighted by molar-refractivity contribution is 5.26. The third-order valence-electron chi connectivity index (χ3n) is 7.42. The van der Waals surface area contributed by atoms with Crippen molar-refractivity contribution in [2.75, 3.05) is 0 Å². The van der Waals surface area contributed by atoms with E-state index in [0.717, 1.165) is 24.2 Å². The molecule has 0 aromatic heterocycles. The van der Waals surface area contributed by atoms with Gasteiger partial charge in [0.05, 0.1) is 6.10 Å². The number of aliphatic hydroxyl groups excluding tert-OH is 1. The van der Waals surface area contributed by atoms with Crippen molar-refractivity contribution in [2.45, 2.75) is 64.9 Å². The van der Waals surface area contributed by atoms with Crippen LogP contribution in [0.5, 0.6) is 0 Å². The van der Waals surface area contributed by atoms with Crippen LogP contribution in [0.25, 0.3) is 0 Å². The zero-order valence-corrected chi connectivity index (χ0v) is 12.9. The summed E-state index contributed by atoms with van der Waals surface area (Å²) in [6, 6.07) is 0. The zero-order chi connectivity index (χ0) is 14.0. The second kappa shape index (κ2) is 4.22. The van der Waals surface area contributed by atoms with E-state index in [1.165, 1.54) is 38.5 Å². The van der Waals surface area contributed by atoms with E-state index in [1.807, 2.05) is 0 Å². The summed E-state index contributed by atoms with van der Waals surface area (Å²) in [6.07, 6.45) is 15.9. The summed E-state index contributed by atoms with van der Waals surface area (Å²) in [5.74, 6) is 2.68. The van der Waals surface area contributed by atoms with E-state index >= 15 is 0 Å². The van der Waals surface area contributed by atoms with Crippen molar-refractivity contribution in [3.8, 4) is 0 Å². The fourth-order valence-corrected chi connectivity index (χ4v) is 6.19. The van der Waals surface area contributed by atoms with Crippen molar-refractivity contribution in [3.63, 3.8) is 0 Å². The quantitative estimate of drug-likeness (QED) is 0.645. The van der Waals surface area contributed by atoms with Gasteiger partial charge in [-0.3, -0.25) is 0 Å². The van der Waals surface area contributed by atoms with E-state index in [2.05, 4.69) is 32.1 Å². The maximum Gasteiger partial charge on any atom is 0.0724 e. The molecule has 0 bridgehead atoms. The van der Waals surface area contributed by atoms with E-state index < -0.39 is 0 Å². The third kappa shape index (κ3) is 1.65. The van der Waals surface area contributed by atoms with Crippen molar-refractivity contribution >= 4 is 0 Å². The molecule has 3 unspecified atom stereocenters. The predicted molar refractivity (Wildman–Crippen MR) is 82.2 cm³/mol. The molecule has 0 heterocycles. The normalized spacial score (nSPS) is 53.9. The highest BCUT2D eigenvalue weighted by Gasteiger charge is 2.54. The van der Waals surface area contributed by atoms with Crippen molar-refractivity contribution in [1.29, 1.82) is 0 Å². The lowest BCUT2D eigenvalue weighted by molar-refractivity contribution is -0.0309. The third-order valence-corrected chi connectivity index (χ3v) is 7.42. The molecule has 1 N–H and O–H groups in total. The number of allylic oxidation sites excluding steroid dienone is 3. The Kier molecular flexibility index (Phi) is 2.77. The van der Waals surface area contributed by atoms with Gasteiger partial charge in [-0.15, -0.1) is 0 Å². The highest BCUT2D eigenvalue weighted by Crippen LogP contribution is 2.63. The molecule has 0 radical (unpaired) electrons. The van der Waals surface area contributed by atoms with Crippen LogP contribution in [0.2, 0.25) is 0 Å². The van der Waals surface area contributed by atoms with Gasteiger partial charge in [0.15, 0.2) is 0 Å². The first-order valence-corrected chi connectivity index (χ1v) is 8.60. The first-order chi connectivity index (χ1) is 9.53. The summed E-state index contributed by atoms with van der Waals surface area (Å²) in [4.78, 5) is 0. The number of fused-ring (bicyclic) bond motifs is 5. The fourth-order valence-electron chi connectivity index (χ4n) is 6.19. The van der Waals surface area contributed by atoms with Gasteiger partial charge in [-0.1, -0.05) is 37.6 Å². The van der Waals surface area contributed by atoms with Crippen LogP contribution in [0.15, 0.2) is 23.8 Å². The molecule has 20 heavy (non-hydrogen) atoms. The largest absolute Gasteiger partial charge is 0.389 e. The standard InChI is InChI=1S/C19H28O/c1-18-9-3-4-16(18)15-6-5-13-12-14(20)7-11-19(13,2)17(15)8-10-18/h3,9,12,14-17,20H,4-8,10-11H2,1-2H3/t14-,15?,16?,17?,18+,19+/m1/s1. The molecule has 0 saturated heterocycles. The monoisotopic (exact) mass is 272 g/mol. The maximum absolute atomic E-state index is 9.96. The van der Waals surface area contributed by atoms with Crippen molar-refractivity contribution < 1.29 is 5.11 Å². The molecular weight excluding hydrogens is 244 g/mol. The van der Waals surface area contributed by atoms with Gasteiger partial charge in [-0.2, -0.15) is 0 Å². The van der Waals surface area contributed by atoms with E-state index in [-0.39, 0.29) is 6.10 Å². The molecule has 2 saturated carbocycles. The van der Waals surface area contributed by atoms with E-state index in [9.17, 15) is 5.11 Å². The SMILES string of the molecule is C[C@@]12C=CCC1C1CCC3=C[C@H](O)CC[C@]3(C)C1CC2. The molecule has 0 aromatic carbocycles. The average molecular weight is 272 g/mol. The average Bonchev–Trinajstić information content (AvgIpc) is 2.81. The van der Waals surface area contributed by atoms with Gasteiger partial charge in [0.25, 0.3) is 0 Å². The number of aliphatic hydroxyl groups is 1. The Hall–Kier alpha value is -0.560. The van der Waals surface area contributed by atoms with Crippen LogP contribution in [0, 0.1) is 28.6 Å². The molecule has 4 aliphatic carbocycles. The lowest BCUT2D eigenvalue weighted by Crippen LogP contribution is -2.49. The number of hydrogen-bond donors (Lipinski definition) is 1. The lowest BCUT2D eigenvalue weighted by atomic mass is 9.47. The second-order valence-electron chi connectivity index (χ2n) is 8.31. The van der Waals surface area contributed by atoms with E-state index in [1.54, 1.807) is 5.57 Å². The lowest BCUT2D eigenvalue weighted by Gasteiger charge is -2.57. The van der Waals surface area contributed by atoms with Crippen LogP contribution in [0.4, 0.5) is 0 Å². The minimum absolute atomic E-state index is 0.170. The minimum Gasteiger partial charge on any atom is -0.389 e. The van der Waals surface area contributed by atoms with Gasteiger partial charge in [0.2, 0.25) is 0 Å². The predicted octanol–water partition coefficient (Wildman–Crippen LogP) is 4.48. The topological polar surface area (TPSA) is 20.2 Å². The van der Waals surface area contributed by atoms with Gasteiger partial charge in [-0.25, -0.2) is 0 Å². The molecule has 6 atom stereocenters. The number of rotatable bonds is 0. The Morgan fingerprint density at radius 1 is 1.10 bits per heavy atom. The van der Waals surface area contributed by atoms with Crippen molar-refractivity contribution in [3.05, 3.63) is 23.8 Å². The molecule has 4 rings (SSSR count). The van der Waals surface area contributed by atoms with E-state index in [0.29, 0.717) is 10.8 Å². The summed E-state index contributed by atoms with van der Waals surface area (Å²) in [5, 5.41) is 9.96. The summed E-state index contributed by atoms with van der Waals surface area (Å²) >= 11 is 0. The van der Waals surface area contributed by atoms with Crippen LogP contribution in [0.1, 0.15) is 58.8 Å². The summed E-state index contributed by atoms with van der Waals surface area (Å²) in [5.41, 5.74) is 2.48. The minimum atomic E-state index is -0.170. The van der Waals surface area contributed by atoms with Crippen LogP contribution < -0.4 is 0 Å². The van der Waals surface area contributed by atoms with Gasteiger partial charge in [-0.05, 0) is 73.5 Å². The summed E-state index contributed by atoms with van der Waals surface area (Å²) < 4.78 is 0. The van der Waals surface area contributed by atoms with Crippen LogP contribution >= 0.6 is 0 Å². The maximum atomic E-state index is 9.96. The molecular formula is C19H28O. The molecule has 4 aliphatic rings. The van der Waals surface area contributed by atoms with Crippen LogP contribution in [-0.4, -0.2) is 11.2 Å². The van der Waals surface area contributed by atoms with Crippen molar-refractivity contribution in [2.24, 2.45) is 28.6 Å². The smallest absolute Gasteiger partial charge is 0.0724 e. The Bertz CT molecular complexity index is 476. The highest BCUT2D eigenvalue weighted by atomic mass is 16.3. The Labute approximate surface area is 123 Å². The molecule has 0 spiro atoms. The molecule has 110 valence electrons. The van der Waals surface area contributed by atoms with Crippen molar-refractivity contribution in [1.82, 2.24) is 0 Å². The molecule has 0 aliphatic heterocycles. The van der Waals surface area contributed by atoms with E-state index in [4.69, 9.17) is 0 Å². The zero-order valence-electron chi connectivity index (χ0n) is 12.9. The van der Waals surface area contributed by atoms with Gasteiger partial charge in [0.1, 0.15) is 0 Å². The molecule has 1 nitrogen and oxygen atoms in total. The van der Waals surface area contributed by atoms with Gasteiger partial charge >= 0.3 is 0 Å². The van der Waals surface area contributed by atoms with Crippen LogP contribution in [0.3, 0.4) is 0 Å². The fraction of sp³-hybridized carbons (Fsp3) is 0.789. The molecule has 2 fully saturated rings. The number of hydrogen-bond acceptors (Lipinski definition) is 1. The first-order valence-electron chi connectivity index (χ1n) is 8.60. The summed E-state index contributed by atoms with van der Waals surface area (Å²) in [6.45, 7) is 5.00. The second-order valence-corrected chi connectivity index (χ2v) is 8.31. The summed E-state index contributed by atoms with van der Waals surface area (Å²) in [7, 11) is 0. The Morgan fingerprint density at radius 2 is 1.95 bits per heavy atom. The molecule has 1 heteroatoms. The van der Waals surface area contributed by atoms with Crippen LogP contribution in [-0.2, 0) is 0 Å². The first kappa shape index (κ1) is 13.1. The Balaban J connectivity index is 1.68. The molecule has 0 aromatic rings. The van der Waals surface area contributed by atoms with Gasteiger partial charge in [0, 0.05) is 0 Å². The Morgan fingerprint density at radius 3 is 2.80 bits per heavy atom. The van der Waals surface area contributed by atoms with Gasteiger partial charge < -0.3 is 5.11 Å². The molecule has 0 amide bonds.